The van der Waals surface area contributed by atoms with E-state index in [-0.39, 0.29) is 0 Å². The summed E-state index contributed by atoms with van der Waals surface area (Å²) in [5.74, 6) is 0.988. The number of benzene rings is 2. The maximum atomic E-state index is 6.15. The van der Waals surface area contributed by atoms with Crippen molar-refractivity contribution in [1.29, 1.82) is 0 Å². The van der Waals surface area contributed by atoms with Crippen molar-refractivity contribution in [2.24, 2.45) is 7.05 Å². The summed E-state index contributed by atoms with van der Waals surface area (Å²) in [7, 11) is 2.17. The van der Waals surface area contributed by atoms with Crippen molar-refractivity contribution in [2.45, 2.75) is 33.8 Å². The topological polar surface area (TPSA) is 16.4 Å². The van der Waals surface area contributed by atoms with Crippen LogP contribution in [0.15, 0.2) is 42.5 Å². The molecule has 0 bridgehead atoms. The van der Waals surface area contributed by atoms with E-state index in [1.807, 2.05) is 0 Å². The van der Waals surface area contributed by atoms with Gasteiger partial charge in [-0.3, -0.25) is 0 Å². The van der Waals surface area contributed by atoms with Crippen LogP contribution in [0.1, 0.15) is 31.9 Å². The van der Waals surface area contributed by atoms with Crippen LogP contribution in [0, 0.1) is 0 Å². The first-order valence-corrected chi connectivity index (χ1v) is 9.63. The zero-order valence-electron chi connectivity index (χ0n) is 16.2. The van der Waals surface area contributed by atoms with Crippen molar-refractivity contribution in [2.75, 3.05) is 18.0 Å². The van der Waals surface area contributed by atoms with Crippen molar-refractivity contribution in [3.63, 3.8) is 0 Å². The first kappa shape index (κ1) is 16.9. The van der Waals surface area contributed by atoms with E-state index in [0.717, 1.165) is 25.3 Å². The lowest BCUT2D eigenvalue weighted by Crippen LogP contribution is -2.35. The van der Waals surface area contributed by atoms with Crippen molar-refractivity contribution in [1.82, 2.24) is 0 Å². The Hall–Kier alpha value is -2.55. The molecule has 0 N–H and O–H groups in total. The maximum absolute atomic E-state index is 6.15. The fourth-order valence-corrected chi connectivity index (χ4v) is 4.07. The summed E-state index contributed by atoms with van der Waals surface area (Å²) in [6.07, 6.45) is 1.06. The summed E-state index contributed by atoms with van der Waals surface area (Å²) >= 11 is 0. The predicted molar refractivity (Wildman–Crippen MR) is 108 cm³/mol. The fraction of sp³-hybridized carbons (Fsp3) is 0.348. The van der Waals surface area contributed by atoms with Gasteiger partial charge in [0.1, 0.15) is 19.4 Å². The Balaban J connectivity index is 1.88. The SMILES string of the molecule is CCc1ccc2c(c1)cc1c([n+]2C)-c2ccc(N(CC)CC)cc2OC1. The molecule has 3 aromatic rings. The van der Waals surface area contributed by atoms with Crippen LogP contribution in [0.2, 0.25) is 0 Å². The number of nitrogens with zero attached hydrogens (tertiary/aromatic N) is 2. The second kappa shape index (κ2) is 6.64. The van der Waals surface area contributed by atoms with Crippen LogP contribution < -0.4 is 14.2 Å². The highest BCUT2D eigenvalue weighted by Crippen LogP contribution is 2.39. The van der Waals surface area contributed by atoms with E-state index < -0.39 is 0 Å². The Morgan fingerprint density at radius 1 is 1.00 bits per heavy atom. The number of pyridine rings is 1. The second-order valence-electron chi connectivity index (χ2n) is 6.97. The minimum absolute atomic E-state index is 0.629. The molecule has 2 aromatic carbocycles. The molecule has 4 rings (SSSR count). The van der Waals surface area contributed by atoms with Crippen LogP contribution in [0.4, 0.5) is 5.69 Å². The predicted octanol–water partition coefficient (Wildman–Crippen LogP) is 4.63. The van der Waals surface area contributed by atoms with Crippen molar-refractivity contribution >= 4 is 16.6 Å². The van der Waals surface area contributed by atoms with Gasteiger partial charge in [-0.15, -0.1) is 0 Å². The average molecular weight is 347 g/mol. The number of hydrogen-bond acceptors (Lipinski definition) is 2. The summed E-state index contributed by atoms with van der Waals surface area (Å²) in [6, 6.07) is 15.7. The molecule has 1 aliphatic heterocycles. The van der Waals surface area contributed by atoms with Crippen LogP contribution in [-0.4, -0.2) is 13.1 Å². The number of anilines is 1. The first-order valence-electron chi connectivity index (χ1n) is 9.63. The molecule has 0 atom stereocenters. The normalized spacial score (nSPS) is 12.5. The van der Waals surface area contributed by atoms with E-state index in [1.54, 1.807) is 0 Å². The van der Waals surface area contributed by atoms with Gasteiger partial charge in [0.15, 0.2) is 0 Å². The largest absolute Gasteiger partial charge is 0.488 e. The molecule has 0 spiro atoms. The molecule has 0 amide bonds. The smallest absolute Gasteiger partial charge is 0.223 e. The van der Waals surface area contributed by atoms with Gasteiger partial charge >= 0.3 is 0 Å². The Labute approximate surface area is 155 Å². The lowest BCUT2D eigenvalue weighted by atomic mass is 9.98. The molecular weight excluding hydrogens is 320 g/mol. The third-order valence-electron chi connectivity index (χ3n) is 5.56. The van der Waals surface area contributed by atoms with Gasteiger partial charge in [-0.05, 0) is 50.1 Å². The number of fused-ring (bicyclic) bond motifs is 4. The Bertz CT molecular complexity index is 974. The van der Waals surface area contributed by atoms with Gasteiger partial charge in [-0.1, -0.05) is 13.0 Å². The molecule has 0 saturated heterocycles. The van der Waals surface area contributed by atoms with Gasteiger partial charge in [0.2, 0.25) is 11.2 Å². The monoisotopic (exact) mass is 347 g/mol. The van der Waals surface area contributed by atoms with E-state index in [9.17, 15) is 0 Å². The molecule has 3 heteroatoms. The summed E-state index contributed by atoms with van der Waals surface area (Å²) in [4.78, 5) is 2.35. The van der Waals surface area contributed by atoms with Crippen LogP contribution >= 0.6 is 0 Å². The highest BCUT2D eigenvalue weighted by molar-refractivity contribution is 5.82. The molecule has 26 heavy (non-hydrogen) atoms. The van der Waals surface area contributed by atoms with Gasteiger partial charge < -0.3 is 9.64 Å². The first-order chi connectivity index (χ1) is 12.7. The number of rotatable bonds is 4. The van der Waals surface area contributed by atoms with Crippen LogP contribution in [-0.2, 0) is 20.1 Å². The van der Waals surface area contributed by atoms with Gasteiger partial charge in [0.25, 0.3) is 0 Å². The third-order valence-corrected chi connectivity index (χ3v) is 5.56. The lowest BCUT2D eigenvalue weighted by Gasteiger charge is -2.24. The van der Waals surface area contributed by atoms with E-state index >= 15 is 0 Å². The van der Waals surface area contributed by atoms with Gasteiger partial charge in [0.05, 0.1) is 11.1 Å². The quantitative estimate of drug-likeness (QED) is 0.640. The van der Waals surface area contributed by atoms with Crippen LogP contribution in [0.5, 0.6) is 5.75 Å². The maximum Gasteiger partial charge on any atom is 0.223 e. The van der Waals surface area contributed by atoms with Gasteiger partial charge in [-0.25, -0.2) is 0 Å². The molecule has 2 heterocycles. The van der Waals surface area contributed by atoms with Crippen LogP contribution in [0.25, 0.3) is 22.2 Å². The average Bonchev–Trinajstić information content (AvgIpc) is 2.68. The van der Waals surface area contributed by atoms with E-state index in [0.29, 0.717) is 6.61 Å². The zero-order valence-corrected chi connectivity index (χ0v) is 16.2. The molecule has 3 nitrogen and oxygen atoms in total. The lowest BCUT2D eigenvalue weighted by molar-refractivity contribution is -0.634. The standard InChI is InChI=1S/C23H27N2O/c1-5-16-8-11-21-17(12-16)13-18-15-26-22-14-19(25(6-2)7-3)9-10-20(22)23(18)24(21)4/h8-14H,5-7,15H2,1-4H3/q+1. The second-order valence-corrected chi connectivity index (χ2v) is 6.97. The molecular formula is C23H27N2O+. The minimum Gasteiger partial charge on any atom is -0.488 e. The molecule has 1 aromatic heterocycles. The molecule has 134 valence electrons. The number of aryl methyl sites for hydroxylation is 2. The molecule has 1 aliphatic rings. The highest BCUT2D eigenvalue weighted by Gasteiger charge is 2.28. The van der Waals surface area contributed by atoms with Crippen molar-refractivity contribution in [3.8, 4) is 17.0 Å². The molecule has 0 saturated carbocycles. The number of hydrogen-bond donors (Lipinski definition) is 0. The molecule has 0 fully saturated rings. The van der Waals surface area contributed by atoms with Crippen LogP contribution in [0.3, 0.4) is 0 Å². The summed E-state index contributed by atoms with van der Waals surface area (Å²) in [5.41, 5.74) is 7.59. The summed E-state index contributed by atoms with van der Waals surface area (Å²) in [6.45, 7) is 9.22. The fourth-order valence-electron chi connectivity index (χ4n) is 4.07. The molecule has 0 aliphatic carbocycles. The number of ether oxygens (including phenoxy) is 1. The van der Waals surface area contributed by atoms with E-state index in [2.05, 4.69) is 79.8 Å². The van der Waals surface area contributed by atoms with E-state index in [1.165, 1.54) is 39.0 Å². The van der Waals surface area contributed by atoms with Crippen molar-refractivity contribution < 1.29 is 9.30 Å². The Morgan fingerprint density at radius 3 is 2.54 bits per heavy atom. The Kier molecular flexibility index (Phi) is 4.31. The van der Waals surface area contributed by atoms with Gasteiger partial charge in [0, 0.05) is 36.3 Å². The summed E-state index contributed by atoms with van der Waals surface area (Å²) < 4.78 is 8.47. The van der Waals surface area contributed by atoms with Gasteiger partial charge in [-0.2, -0.15) is 4.57 Å². The highest BCUT2D eigenvalue weighted by atomic mass is 16.5. The minimum atomic E-state index is 0.629. The van der Waals surface area contributed by atoms with E-state index in [4.69, 9.17) is 4.74 Å². The molecule has 0 unspecified atom stereocenters. The van der Waals surface area contributed by atoms with Crippen molar-refractivity contribution in [3.05, 3.63) is 53.6 Å². The number of aromatic nitrogens is 1. The summed E-state index contributed by atoms with van der Waals surface area (Å²) in [5, 5.41) is 1.29. The third kappa shape index (κ3) is 2.63. The zero-order chi connectivity index (χ0) is 18.3. The Morgan fingerprint density at radius 2 is 1.81 bits per heavy atom. The molecule has 0 radical (unpaired) electrons.